The second kappa shape index (κ2) is 8.11. The van der Waals surface area contributed by atoms with E-state index in [0.29, 0.717) is 23.7 Å². The van der Waals surface area contributed by atoms with Crippen LogP contribution >= 0.6 is 0 Å². The molecule has 1 N–H and O–H groups in total. The van der Waals surface area contributed by atoms with Crippen LogP contribution in [0.5, 0.6) is 0 Å². The molecule has 1 amide bonds. The molecule has 3 rings (SSSR count). The highest BCUT2D eigenvalue weighted by molar-refractivity contribution is 5.92. The molecule has 7 nitrogen and oxygen atoms in total. The van der Waals surface area contributed by atoms with Gasteiger partial charge in [0.15, 0.2) is 0 Å². The Morgan fingerprint density at radius 2 is 2.00 bits per heavy atom. The maximum atomic E-state index is 12.2. The van der Waals surface area contributed by atoms with Crippen LogP contribution in [0.15, 0.2) is 28.7 Å². The molecule has 0 radical (unpaired) electrons. The van der Waals surface area contributed by atoms with E-state index in [1.807, 2.05) is 13.8 Å². The molecule has 1 aliphatic rings. The van der Waals surface area contributed by atoms with Crippen molar-refractivity contribution in [2.24, 2.45) is 0 Å². The maximum absolute atomic E-state index is 12.2. The highest BCUT2D eigenvalue weighted by atomic mass is 16.4. The van der Waals surface area contributed by atoms with Crippen LogP contribution in [0.2, 0.25) is 0 Å². The fourth-order valence-electron chi connectivity index (χ4n) is 3.01. The summed E-state index contributed by atoms with van der Waals surface area (Å²) in [6, 6.07) is 8.92. The number of nitriles is 1. The lowest BCUT2D eigenvalue weighted by Gasteiger charge is -2.29. The average Bonchev–Trinajstić information content (AvgIpc) is 3.13. The smallest absolute Gasteiger partial charge is 0.238 e. The molecule has 0 unspecified atom stereocenters. The molecular weight excluding hydrogens is 330 g/mol. The number of benzene rings is 1. The van der Waals surface area contributed by atoms with Gasteiger partial charge in [0.25, 0.3) is 0 Å². The van der Waals surface area contributed by atoms with Crippen LogP contribution < -0.4 is 5.32 Å². The van der Waals surface area contributed by atoms with E-state index in [4.69, 9.17) is 9.68 Å². The molecular formula is C19H23N5O2. The largest absolute Gasteiger partial charge is 0.425 e. The van der Waals surface area contributed by atoms with Crippen molar-refractivity contribution in [1.82, 2.24) is 15.1 Å². The zero-order valence-corrected chi connectivity index (χ0v) is 15.1. The molecule has 26 heavy (non-hydrogen) atoms. The van der Waals surface area contributed by atoms with Gasteiger partial charge >= 0.3 is 0 Å². The van der Waals surface area contributed by atoms with Crippen molar-refractivity contribution in [3.05, 3.63) is 41.6 Å². The van der Waals surface area contributed by atoms with E-state index in [2.05, 4.69) is 26.5 Å². The van der Waals surface area contributed by atoms with Crippen LogP contribution in [0.3, 0.4) is 0 Å². The first-order valence-corrected chi connectivity index (χ1v) is 8.91. The number of nitrogens with zero attached hydrogens (tertiary/aromatic N) is 4. The van der Waals surface area contributed by atoms with Gasteiger partial charge in [0, 0.05) is 17.5 Å². The third-order valence-electron chi connectivity index (χ3n) is 4.55. The van der Waals surface area contributed by atoms with E-state index < -0.39 is 0 Å². The van der Waals surface area contributed by atoms with Crippen LogP contribution in [0.1, 0.15) is 55.9 Å². The lowest BCUT2D eigenvalue weighted by Crippen LogP contribution is -2.38. The molecule has 1 fully saturated rings. The highest BCUT2D eigenvalue weighted by Crippen LogP contribution is 2.28. The van der Waals surface area contributed by atoms with E-state index in [1.54, 1.807) is 24.3 Å². The van der Waals surface area contributed by atoms with E-state index >= 15 is 0 Å². The molecule has 0 saturated carbocycles. The Kier molecular flexibility index (Phi) is 5.64. The van der Waals surface area contributed by atoms with Crippen molar-refractivity contribution in [2.75, 3.05) is 25.0 Å². The molecule has 1 aliphatic heterocycles. The van der Waals surface area contributed by atoms with Crippen LogP contribution in [0, 0.1) is 11.3 Å². The summed E-state index contributed by atoms with van der Waals surface area (Å²) in [4.78, 5) is 14.3. The van der Waals surface area contributed by atoms with Gasteiger partial charge in [0.2, 0.25) is 17.7 Å². The summed E-state index contributed by atoms with van der Waals surface area (Å²) in [5, 5.41) is 20.0. The Morgan fingerprint density at radius 3 is 2.58 bits per heavy atom. The van der Waals surface area contributed by atoms with Gasteiger partial charge in [-0.05, 0) is 50.2 Å². The number of rotatable bonds is 5. The lowest BCUT2D eigenvalue weighted by atomic mass is 9.97. The molecule has 0 atom stereocenters. The summed E-state index contributed by atoms with van der Waals surface area (Å²) in [5.74, 6) is 1.86. The van der Waals surface area contributed by atoms with E-state index in [-0.39, 0.29) is 17.7 Å². The van der Waals surface area contributed by atoms with Crippen molar-refractivity contribution >= 4 is 11.6 Å². The SMILES string of the molecule is CC(C)c1nnc(C2CCN(CC(=O)Nc3ccc(C#N)cc3)CC2)o1. The highest BCUT2D eigenvalue weighted by Gasteiger charge is 2.26. The van der Waals surface area contributed by atoms with Gasteiger partial charge < -0.3 is 9.73 Å². The summed E-state index contributed by atoms with van der Waals surface area (Å²) < 4.78 is 5.76. The fraction of sp³-hybridized carbons (Fsp3) is 0.474. The quantitative estimate of drug-likeness (QED) is 0.888. The number of carbonyl (C=O) groups excluding carboxylic acids is 1. The van der Waals surface area contributed by atoms with Crippen molar-refractivity contribution < 1.29 is 9.21 Å². The van der Waals surface area contributed by atoms with Crippen molar-refractivity contribution in [3.8, 4) is 6.07 Å². The van der Waals surface area contributed by atoms with Gasteiger partial charge in [0.1, 0.15) is 0 Å². The Labute approximate surface area is 153 Å². The Bertz CT molecular complexity index is 783. The zero-order valence-electron chi connectivity index (χ0n) is 15.1. The van der Waals surface area contributed by atoms with Crippen LogP contribution in [-0.2, 0) is 4.79 Å². The van der Waals surface area contributed by atoms with Crippen LogP contribution in [0.25, 0.3) is 0 Å². The minimum Gasteiger partial charge on any atom is -0.425 e. The normalized spacial score (nSPS) is 15.8. The van der Waals surface area contributed by atoms with Gasteiger partial charge in [-0.2, -0.15) is 5.26 Å². The minimum atomic E-state index is -0.0481. The average molecular weight is 353 g/mol. The number of hydrogen-bond acceptors (Lipinski definition) is 6. The van der Waals surface area contributed by atoms with Gasteiger partial charge in [0.05, 0.1) is 18.2 Å². The van der Waals surface area contributed by atoms with Gasteiger partial charge in [-0.15, -0.1) is 10.2 Å². The molecule has 2 aromatic rings. The molecule has 1 aromatic carbocycles. The molecule has 0 spiro atoms. The van der Waals surface area contributed by atoms with Crippen molar-refractivity contribution in [1.29, 1.82) is 5.26 Å². The Morgan fingerprint density at radius 1 is 1.31 bits per heavy atom. The van der Waals surface area contributed by atoms with E-state index in [1.165, 1.54) is 0 Å². The number of likely N-dealkylation sites (tertiary alicyclic amines) is 1. The Hall–Kier alpha value is -2.72. The standard InChI is InChI=1S/C19H23N5O2/c1-13(2)18-22-23-19(26-18)15-7-9-24(10-8-15)12-17(25)21-16-5-3-14(11-20)4-6-16/h3-6,13,15H,7-10,12H2,1-2H3,(H,21,25). The predicted molar refractivity (Wildman–Crippen MR) is 96.6 cm³/mol. The summed E-state index contributed by atoms with van der Waals surface area (Å²) in [5.41, 5.74) is 1.28. The number of piperidine rings is 1. The zero-order chi connectivity index (χ0) is 18.5. The van der Waals surface area contributed by atoms with E-state index in [0.717, 1.165) is 31.8 Å². The third-order valence-corrected chi connectivity index (χ3v) is 4.55. The first-order valence-electron chi connectivity index (χ1n) is 8.91. The number of anilines is 1. The topological polar surface area (TPSA) is 95.0 Å². The van der Waals surface area contributed by atoms with Gasteiger partial charge in [-0.3, -0.25) is 9.69 Å². The third kappa shape index (κ3) is 4.46. The number of aromatic nitrogens is 2. The summed E-state index contributed by atoms with van der Waals surface area (Å²) >= 11 is 0. The van der Waals surface area contributed by atoms with Crippen LogP contribution in [0.4, 0.5) is 5.69 Å². The number of nitrogens with one attached hydrogen (secondary N) is 1. The number of amides is 1. The molecule has 136 valence electrons. The first kappa shape index (κ1) is 18.1. The summed E-state index contributed by atoms with van der Waals surface area (Å²) in [6.45, 7) is 6.07. The predicted octanol–water partition coefficient (Wildman–Crippen LogP) is 2.88. The minimum absolute atomic E-state index is 0.0481. The van der Waals surface area contributed by atoms with E-state index in [9.17, 15) is 4.79 Å². The van der Waals surface area contributed by atoms with Crippen LogP contribution in [-0.4, -0.2) is 40.6 Å². The number of carbonyl (C=O) groups is 1. The number of hydrogen-bond donors (Lipinski definition) is 1. The molecule has 2 heterocycles. The first-order chi connectivity index (χ1) is 12.5. The van der Waals surface area contributed by atoms with Gasteiger partial charge in [-0.25, -0.2) is 0 Å². The Balaban J connectivity index is 1.47. The molecule has 7 heteroatoms. The second-order valence-corrected chi connectivity index (χ2v) is 6.92. The maximum Gasteiger partial charge on any atom is 0.238 e. The molecule has 1 saturated heterocycles. The van der Waals surface area contributed by atoms with Crippen molar-refractivity contribution in [3.63, 3.8) is 0 Å². The summed E-state index contributed by atoms with van der Waals surface area (Å²) in [7, 11) is 0. The summed E-state index contributed by atoms with van der Waals surface area (Å²) in [6.07, 6.45) is 1.81. The molecule has 1 aromatic heterocycles. The lowest BCUT2D eigenvalue weighted by molar-refractivity contribution is -0.117. The van der Waals surface area contributed by atoms with Gasteiger partial charge in [-0.1, -0.05) is 13.8 Å². The monoisotopic (exact) mass is 353 g/mol. The van der Waals surface area contributed by atoms with Crippen molar-refractivity contribution in [2.45, 2.75) is 38.5 Å². The molecule has 0 bridgehead atoms. The fourth-order valence-corrected chi connectivity index (χ4v) is 3.01. The second-order valence-electron chi connectivity index (χ2n) is 6.92. The molecule has 0 aliphatic carbocycles.